The van der Waals surface area contributed by atoms with Gasteiger partial charge in [-0.05, 0) is 63.9 Å². The zero-order valence-corrected chi connectivity index (χ0v) is 20.5. The number of carbonyl (C=O) groups is 1. The second kappa shape index (κ2) is 9.35. The van der Waals surface area contributed by atoms with Crippen LogP contribution in [0.5, 0.6) is 5.75 Å². The molecule has 34 heavy (non-hydrogen) atoms. The lowest BCUT2D eigenvalue weighted by Crippen LogP contribution is -2.32. The van der Waals surface area contributed by atoms with Crippen molar-refractivity contribution in [2.45, 2.75) is 40.7 Å². The highest BCUT2D eigenvalue weighted by Gasteiger charge is 2.24. The highest BCUT2D eigenvalue weighted by Crippen LogP contribution is 2.33. The number of benzene rings is 3. The van der Waals surface area contributed by atoms with Crippen LogP contribution >= 0.6 is 11.6 Å². The fraction of sp³-hybridized carbons (Fsp3) is 0.214. The van der Waals surface area contributed by atoms with Gasteiger partial charge < -0.3 is 14.5 Å². The smallest absolute Gasteiger partial charge is 0.265 e. The molecule has 0 saturated heterocycles. The summed E-state index contributed by atoms with van der Waals surface area (Å²) < 4.78 is 12.1. The van der Waals surface area contributed by atoms with Gasteiger partial charge in [-0.2, -0.15) is 0 Å². The normalized spacial score (nSPS) is 11.9. The molecule has 0 radical (unpaired) electrons. The molecule has 0 bridgehead atoms. The lowest BCUT2D eigenvalue weighted by molar-refractivity contribution is -0.122. The van der Waals surface area contributed by atoms with E-state index < -0.39 is 6.10 Å². The summed E-state index contributed by atoms with van der Waals surface area (Å²) in [4.78, 5) is 26.4. The Morgan fingerprint density at radius 1 is 0.941 bits per heavy atom. The predicted molar refractivity (Wildman–Crippen MR) is 137 cm³/mol. The summed E-state index contributed by atoms with van der Waals surface area (Å²) in [6.45, 7) is 9.33. The molecule has 0 fully saturated rings. The number of amides is 1. The Morgan fingerprint density at radius 2 is 1.62 bits per heavy atom. The van der Waals surface area contributed by atoms with Gasteiger partial charge in [-0.3, -0.25) is 9.59 Å². The van der Waals surface area contributed by atoms with Crippen LogP contribution in [0.1, 0.15) is 29.2 Å². The van der Waals surface area contributed by atoms with E-state index >= 15 is 0 Å². The first kappa shape index (κ1) is 23.6. The van der Waals surface area contributed by atoms with E-state index in [1.807, 2.05) is 70.2 Å². The molecule has 1 N–H and O–H groups in total. The van der Waals surface area contributed by atoms with E-state index in [4.69, 9.17) is 20.8 Å². The quantitative estimate of drug-likeness (QED) is 0.346. The van der Waals surface area contributed by atoms with Crippen LogP contribution in [0.4, 0.5) is 5.69 Å². The van der Waals surface area contributed by atoms with E-state index in [2.05, 4.69) is 5.32 Å². The van der Waals surface area contributed by atoms with Gasteiger partial charge in [-0.1, -0.05) is 59.1 Å². The van der Waals surface area contributed by atoms with Gasteiger partial charge in [0, 0.05) is 16.3 Å². The number of aryl methyl sites for hydroxylation is 4. The van der Waals surface area contributed by atoms with Crippen LogP contribution in [0.25, 0.3) is 22.3 Å². The molecule has 5 nitrogen and oxygen atoms in total. The van der Waals surface area contributed by atoms with Gasteiger partial charge in [0.25, 0.3) is 5.91 Å². The van der Waals surface area contributed by atoms with E-state index in [1.165, 1.54) is 0 Å². The van der Waals surface area contributed by atoms with Crippen LogP contribution in [0.15, 0.2) is 63.8 Å². The van der Waals surface area contributed by atoms with Crippen LogP contribution < -0.4 is 15.5 Å². The summed E-state index contributed by atoms with van der Waals surface area (Å²) in [5.74, 6) is -0.131. The predicted octanol–water partition coefficient (Wildman–Crippen LogP) is 6.75. The third kappa shape index (κ3) is 4.70. The monoisotopic (exact) mass is 475 g/mol. The van der Waals surface area contributed by atoms with Gasteiger partial charge in [0.1, 0.15) is 5.58 Å². The maximum Gasteiger partial charge on any atom is 0.265 e. The summed E-state index contributed by atoms with van der Waals surface area (Å²) in [7, 11) is 0. The zero-order valence-electron chi connectivity index (χ0n) is 19.8. The van der Waals surface area contributed by atoms with Gasteiger partial charge >= 0.3 is 0 Å². The number of anilines is 1. The molecule has 0 aliphatic rings. The molecule has 1 heterocycles. The van der Waals surface area contributed by atoms with Crippen molar-refractivity contribution in [3.8, 4) is 17.1 Å². The first-order chi connectivity index (χ1) is 16.1. The standard InChI is InChI=1S/C28H26ClNO4/c1-15-6-9-20(10-7-15)26-27(25(31)21-14-22(29)17(3)13-24(21)34-26)33-19(5)28(32)30-23-11-8-16(2)12-18(23)4/h6-14,19H,1-5H3,(H,30,32). The van der Waals surface area contributed by atoms with Gasteiger partial charge in [-0.25, -0.2) is 0 Å². The first-order valence-electron chi connectivity index (χ1n) is 11.0. The fourth-order valence-corrected chi connectivity index (χ4v) is 3.88. The van der Waals surface area contributed by atoms with Crippen LogP contribution in [-0.4, -0.2) is 12.0 Å². The number of rotatable bonds is 5. The van der Waals surface area contributed by atoms with Crippen molar-refractivity contribution < 1.29 is 13.9 Å². The summed E-state index contributed by atoms with van der Waals surface area (Å²) in [5, 5.41) is 3.63. The third-order valence-corrected chi connectivity index (χ3v) is 6.15. The average Bonchev–Trinajstić information content (AvgIpc) is 2.79. The Kier molecular flexibility index (Phi) is 6.49. The summed E-state index contributed by atoms with van der Waals surface area (Å²) in [6.07, 6.45) is -0.953. The first-order valence-corrected chi connectivity index (χ1v) is 11.4. The Labute approximate surface area is 203 Å². The van der Waals surface area contributed by atoms with E-state index in [1.54, 1.807) is 19.1 Å². The van der Waals surface area contributed by atoms with Crippen LogP contribution in [0, 0.1) is 27.7 Å². The number of hydrogen-bond acceptors (Lipinski definition) is 4. The molecule has 3 aromatic carbocycles. The number of fused-ring (bicyclic) bond motifs is 1. The summed E-state index contributed by atoms with van der Waals surface area (Å²) in [6, 6.07) is 16.6. The Bertz CT molecular complexity index is 1450. The average molecular weight is 476 g/mol. The molecule has 1 atom stereocenters. The minimum atomic E-state index is -0.953. The van der Waals surface area contributed by atoms with E-state index in [9.17, 15) is 9.59 Å². The van der Waals surface area contributed by atoms with E-state index in [-0.39, 0.29) is 22.8 Å². The summed E-state index contributed by atoms with van der Waals surface area (Å²) >= 11 is 6.27. The Balaban J connectivity index is 1.76. The number of nitrogens with one attached hydrogen (secondary N) is 1. The van der Waals surface area contributed by atoms with Crippen molar-refractivity contribution in [2.75, 3.05) is 5.32 Å². The second-order valence-electron chi connectivity index (χ2n) is 8.62. The van der Waals surface area contributed by atoms with E-state index in [0.717, 1.165) is 22.3 Å². The van der Waals surface area contributed by atoms with Crippen molar-refractivity contribution in [3.63, 3.8) is 0 Å². The van der Waals surface area contributed by atoms with Gasteiger partial charge in [0.05, 0.1) is 5.39 Å². The lowest BCUT2D eigenvalue weighted by Gasteiger charge is -2.18. The van der Waals surface area contributed by atoms with Crippen LogP contribution in [0.3, 0.4) is 0 Å². The molecule has 0 spiro atoms. The van der Waals surface area contributed by atoms with E-state index in [0.29, 0.717) is 27.2 Å². The SMILES string of the molecule is Cc1ccc(-c2oc3cc(C)c(Cl)cc3c(=O)c2OC(C)C(=O)Nc2ccc(C)cc2C)cc1. The van der Waals surface area contributed by atoms with Crippen LogP contribution in [0.2, 0.25) is 5.02 Å². The maximum absolute atomic E-state index is 13.5. The Morgan fingerprint density at radius 3 is 2.29 bits per heavy atom. The topological polar surface area (TPSA) is 68.5 Å². The fourth-order valence-electron chi connectivity index (χ4n) is 3.72. The number of hydrogen-bond donors (Lipinski definition) is 1. The minimum absolute atomic E-state index is 0.0282. The second-order valence-corrected chi connectivity index (χ2v) is 9.03. The molecule has 0 saturated carbocycles. The molecule has 4 aromatic rings. The molecule has 6 heteroatoms. The van der Waals surface area contributed by atoms with Crippen molar-refractivity contribution >= 4 is 34.2 Å². The molecule has 0 aliphatic carbocycles. The molecule has 1 aromatic heterocycles. The number of carbonyl (C=O) groups excluding carboxylic acids is 1. The number of halogens is 1. The van der Waals surface area contributed by atoms with Gasteiger partial charge in [-0.15, -0.1) is 0 Å². The summed E-state index contributed by atoms with van der Waals surface area (Å²) in [5.41, 5.74) is 5.29. The molecule has 4 rings (SSSR count). The van der Waals surface area contributed by atoms with Crippen molar-refractivity contribution in [3.05, 3.63) is 92.1 Å². The zero-order chi connectivity index (χ0) is 24.6. The molecule has 0 aliphatic heterocycles. The minimum Gasteiger partial charge on any atom is -0.473 e. The maximum atomic E-state index is 13.5. The molecular weight excluding hydrogens is 450 g/mol. The Hall–Kier alpha value is -3.57. The highest BCUT2D eigenvalue weighted by atomic mass is 35.5. The molecule has 174 valence electrons. The molecule has 1 unspecified atom stereocenters. The largest absolute Gasteiger partial charge is 0.473 e. The van der Waals surface area contributed by atoms with Crippen molar-refractivity contribution in [1.82, 2.24) is 0 Å². The van der Waals surface area contributed by atoms with Gasteiger partial charge in [0.15, 0.2) is 11.9 Å². The number of ether oxygens (including phenoxy) is 1. The lowest BCUT2D eigenvalue weighted by atomic mass is 10.1. The highest BCUT2D eigenvalue weighted by molar-refractivity contribution is 6.32. The van der Waals surface area contributed by atoms with Crippen molar-refractivity contribution in [1.29, 1.82) is 0 Å². The molecule has 1 amide bonds. The third-order valence-electron chi connectivity index (χ3n) is 5.75. The van der Waals surface area contributed by atoms with Gasteiger partial charge in [0.2, 0.25) is 11.2 Å². The molecular formula is C28H26ClNO4. The van der Waals surface area contributed by atoms with Crippen LogP contribution in [-0.2, 0) is 4.79 Å². The van der Waals surface area contributed by atoms with Crippen molar-refractivity contribution in [2.24, 2.45) is 0 Å².